The van der Waals surface area contributed by atoms with E-state index in [-0.39, 0.29) is 10.6 Å². The molecule has 2 heterocycles. The summed E-state index contributed by atoms with van der Waals surface area (Å²) in [6.45, 7) is 0. The summed E-state index contributed by atoms with van der Waals surface area (Å²) in [6, 6.07) is 37.6. The van der Waals surface area contributed by atoms with Crippen LogP contribution in [0.15, 0.2) is 134 Å². The number of nitrogens with zero attached hydrogens (tertiary/aromatic N) is 4. The number of aromatic nitrogens is 3. The molecule has 0 N–H and O–H groups in total. The second-order valence-corrected chi connectivity index (χ2v) is 9.53. The molecule has 7 nitrogen and oxygen atoms in total. The van der Waals surface area contributed by atoms with E-state index in [4.69, 9.17) is 9.84 Å². The maximum atomic E-state index is 12.4. The average molecular weight is 539 g/mol. The van der Waals surface area contributed by atoms with Crippen LogP contribution < -0.4 is 0 Å². The Bertz CT molecular complexity index is 1740. The second kappa shape index (κ2) is 10.9. The minimum Gasteiger partial charge on any atom is -0.504 e. The second-order valence-electron chi connectivity index (χ2n) is 9.53. The fourth-order valence-electron chi connectivity index (χ4n) is 5.48. The van der Waals surface area contributed by atoms with Crippen LogP contribution in [0.4, 0.5) is 5.69 Å². The lowest BCUT2D eigenvalue weighted by Gasteiger charge is -2.37. The van der Waals surface area contributed by atoms with Gasteiger partial charge in [-0.15, -0.1) is 0 Å². The third kappa shape index (κ3) is 4.43. The summed E-state index contributed by atoms with van der Waals surface area (Å²) in [6.07, 6.45) is 6.48. The van der Waals surface area contributed by atoms with Crippen LogP contribution in [0.25, 0.3) is 28.2 Å². The van der Waals surface area contributed by atoms with Gasteiger partial charge in [0.25, 0.3) is 5.69 Å². The highest BCUT2D eigenvalue weighted by molar-refractivity contribution is 5.97. The van der Waals surface area contributed by atoms with Crippen LogP contribution in [-0.2, 0) is 10.3 Å². The van der Waals surface area contributed by atoms with Crippen LogP contribution in [0, 0.1) is 10.1 Å². The molecule has 4 aromatic carbocycles. The van der Waals surface area contributed by atoms with Crippen molar-refractivity contribution in [3.05, 3.63) is 166 Å². The lowest BCUT2D eigenvalue weighted by molar-refractivity contribution is -0.385. The summed E-state index contributed by atoms with van der Waals surface area (Å²) in [5, 5.41) is 18.4. The molecule has 0 aliphatic heterocycles. The van der Waals surface area contributed by atoms with Gasteiger partial charge in [0.15, 0.2) is 0 Å². The molecule has 6 aromatic rings. The lowest BCUT2D eigenvalue weighted by Crippen LogP contribution is -2.38. The van der Waals surface area contributed by atoms with E-state index in [0.29, 0.717) is 16.8 Å². The highest BCUT2D eigenvalue weighted by atomic mass is 16.6. The third-order valence-electron chi connectivity index (χ3n) is 7.25. The molecule has 41 heavy (non-hydrogen) atoms. The number of hydrogen-bond donors (Lipinski definition) is 0. The van der Waals surface area contributed by atoms with Gasteiger partial charge in [-0.2, -0.15) is 5.10 Å². The van der Waals surface area contributed by atoms with Gasteiger partial charge >= 0.3 is 0 Å². The molecule has 0 bridgehead atoms. The Labute approximate surface area is 237 Å². The highest BCUT2D eigenvalue weighted by Gasteiger charge is 2.41. The number of benzene rings is 4. The summed E-state index contributed by atoms with van der Waals surface area (Å²) in [7, 11) is 1.51. The highest BCUT2D eigenvalue weighted by Crippen LogP contribution is 2.45. The van der Waals surface area contributed by atoms with Crippen LogP contribution in [0.1, 0.15) is 22.3 Å². The molecule has 0 spiro atoms. The number of nitro groups is 1. The Morgan fingerprint density at radius 3 is 1.83 bits per heavy atom. The van der Waals surface area contributed by atoms with Crippen LogP contribution >= 0.6 is 0 Å². The number of hydrogen-bond acceptors (Lipinski definition) is 5. The molecule has 0 saturated carbocycles. The molecular formula is C34H26N4O3. The van der Waals surface area contributed by atoms with Crippen molar-refractivity contribution in [3.63, 3.8) is 0 Å². The number of pyridine rings is 1. The van der Waals surface area contributed by atoms with Gasteiger partial charge in [0.1, 0.15) is 11.2 Å². The molecule has 0 atom stereocenters. The molecule has 2 aromatic heterocycles. The van der Waals surface area contributed by atoms with E-state index < -0.39 is 5.54 Å². The lowest BCUT2D eigenvalue weighted by atomic mass is 9.77. The first kappa shape index (κ1) is 25.7. The molecule has 0 amide bonds. The maximum absolute atomic E-state index is 12.4. The Morgan fingerprint density at radius 2 is 1.34 bits per heavy atom. The van der Waals surface area contributed by atoms with Crippen LogP contribution in [0.5, 0.6) is 0 Å². The first-order valence-electron chi connectivity index (χ1n) is 13.1. The number of fused-ring (bicyclic) bond motifs is 1. The van der Waals surface area contributed by atoms with Crippen LogP contribution in [0.2, 0.25) is 0 Å². The molecular weight excluding hydrogens is 512 g/mol. The van der Waals surface area contributed by atoms with Gasteiger partial charge < -0.3 is 4.74 Å². The van der Waals surface area contributed by atoms with E-state index in [1.165, 1.54) is 13.4 Å². The van der Waals surface area contributed by atoms with Gasteiger partial charge in [0.2, 0.25) is 0 Å². The monoisotopic (exact) mass is 538 g/mol. The molecule has 200 valence electrons. The standard InChI is InChI=1S/C34H26N4O3/c1-41-22-19-26-23-30-32(24-31(26)38(39)40)37(36-33(30)25-17-20-35-21-18-25)34(27-11-5-2-6-12-27,28-13-7-3-8-14-28)29-15-9-4-10-16-29/h2-24H,1H3/b22-19+. The molecule has 0 radical (unpaired) electrons. The zero-order chi connectivity index (χ0) is 28.2. The van der Waals surface area contributed by atoms with Crippen LogP contribution in [0.3, 0.4) is 0 Å². The maximum Gasteiger partial charge on any atom is 0.278 e. The van der Waals surface area contributed by atoms with Gasteiger partial charge in [0, 0.05) is 29.4 Å². The van der Waals surface area contributed by atoms with Crippen LogP contribution in [-0.4, -0.2) is 26.8 Å². The molecule has 0 unspecified atom stereocenters. The molecule has 0 aliphatic carbocycles. The molecule has 7 heteroatoms. The normalized spacial score (nSPS) is 11.6. The Kier molecular flexibility index (Phi) is 6.83. The summed E-state index contributed by atoms with van der Waals surface area (Å²) in [5.74, 6) is 0. The van der Waals surface area contributed by atoms with Crippen molar-refractivity contribution in [2.45, 2.75) is 5.54 Å². The first-order valence-corrected chi connectivity index (χ1v) is 13.1. The third-order valence-corrected chi connectivity index (χ3v) is 7.25. The van der Waals surface area contributed by atoms with Gasteiger partial charge in [0.05, 0.1) is 29.4 Å². The smallest absolute Gasteiger partial charge is 0.278 e. The predicted octanol–water partition coefficient (Wildman–Crippen LogP) is 7.46. The van der Waals surface area contributed by atoms with Gasteiger partial charge in [-0.1, -0.05) is 91.0 Å². The molecule has 0 aliphatic rings. The number of rotatable bonds is 8. The number of methoxy groups -OCH3 is 1. The van der Waals surface area contributed by atoms with Crippen molar-refractivity contribution in [3.8, 4) is 11.3 Å². The van der Waals surface area contributed by atoms with Gasteiger partial charge in [-0.05, 0) is 41.0 Å². The predicted molar refractivity (Wildman–Crippen MR) is 160 cm³/mol. The molecule has 0 fully saturated rings. The number of nitro benzene ring substituents is 1. The SMILES string of the molecule is CO/C=C/c1cc2c(-c3ccncc3)nn(C(c3ccccc3)(c3ccccc3)c3ccccc3)c2cc1[N+](=O)[O-]. The van der Waals surface area contributed by atoms with Crippen molar-refractivity contribution in [2.75, 3.05) is 7.11 Å². The van der Waals surface area contributed by atoms with Crippen molar-refractivity contribution < 1.29 is 9.66 Å². The van der Waals surface area contributed by atoms with Crippen molar-refractivity contribution in [2.24, 2.45) is 0 Å². The zero-order valence-electron chi connectivity index (χ0n) is 22.3. The zero-order valence-corrected chi connectivity index (χ0v) is 22.3. The summed E-state index contributed by atoms with van der Waals surface area (Å²) in [4.78, 5) is 16.2. The summed E-state index contributed by atoms with van der Waals surface area (Å²) in [5.41, 5.74) is 4.48. The largest absolute Gasteiger partial charge is 0.504 e. The minimum absolute atomic E-state index is 0.0451. The average Bonchev–Trinajstić information content (AvgIpc) is 3.40. The van der Waals surface area contributed by atoms with E-state index in [9.17, 15) is 10.1 Å². The Hall–Kier alpha value is -5.56. The Morgan fingerprint density at radius 1 is 0.805 bits per heavy atom. The fourth-order valence-corrected chi connectivity index (χ4v) is 5.48. The fraction of sp³-hybridized carbons (Fsp3) is 0.0588. The minimum atomic E-state index is -0.953. The van der Waals surface area contributed by atoms with E-state index in [1.54, 1.807) is 24.5 Å². The first-order chi connectivity index (χ1) is 20.1. The van der Waals surface area contributed by atoms with Crippen molar-refractivity contribution >= 4 is 22.7 Å². The molecule has 6 rings (SSSR count). The van der Waals surface area contributed by atoms with Crippen molar-refractivity contribution in [1.29, 1.82) is 0 Å². The van der Waals surface area contributed by atoms with Crippen molar-refractivity contribution in [1.82, 2.24) is 14.8 Å². The summed E-state index contributed by atoms with van der Waals surface area (Å²) < 4.78 is 7.05. The molecule has 0 saturated heterocycles. The van der Waals surface area contributed by atoms with Gasteiger partial charge in [-0.25, -0.2) is 4.68 Å². The number of ether oxygens (including phenoxy) is 1. The quantitative estimate of drug-likeness (QED) is 0.0869. The van der Waals surface area contributed by atoms with Gasteiger partial charge in [-0.3, -0.25) is 15.1 Å². The van der Waals surface area contributed by atoms with E-state index in [1.807, 2.05) is 77.5 Å². The van der Waals surface area contributed by atoms with E-state index in [2.05, 4.69) is 41.4 Å². The van der Waals surface area contributed by atoms with E-state index >= 15 is 0 Å². The Balaban J connectivity index is 1.83. The summed E-state index contributed by atoms with van der Waals surface area (Å²) >= 11 is 0. The van der Waals surface area contributed by atoms with E-state index in [0.717, 1.165) is 27.6 Å². The topological polar surface area (TPSA) is 83.1 Å².